The van der Waals surface area contributed by atoms with E-state index in [2.05, 4.69) is 20.8 Å². The van der Waals surface area contributed by atoms with E-state index in [4.69, 9.17) is 4.74 Å². The van der Waals surface area contributed by atoms with E-state index < -0.39 is 10.0 Å². The van der Waals surface area contributed by atoms with Crippen molar-refractivity contribution in [2.75, 3.05) is 11.4 Å². The largest absolute Gasteiger partial charge is 0.379 e. The van der Waals surface area contributed by atoms with E-state index in [-0.39, 0.29) is 28.9 Å². The highest BCUT2D eigenvalue weighted by Crippen LogP contribution is 2.67. The molecule has 0 spiro atoms. The molecule has 0 aliphatic heterocycles. The van der Waals surface area contributed by atoms with Crippen LogP contribution in [0.5, 0.6) is 0 Å². The Hall–Kier alpha value is -1.85. The first-order valence-corrected chi connectivity index (χ1v) is 11.4. The number of ether oxygens (including phenoxy) is 1. The van der Waals surface area contributed by atoms with Gasteiger partial charge in [0.2, 0.25) is 0 Å². The number of rotatable bonds is 5. The summed E-state index contributed by atoms with van der Waals surface area (Å²) in [7, 11) is -2.01. The number of para-hydroxylation sites is 1. The molecule has 2 aromatic carbocycles. The molecule has 4 unspecified atom stereocenters. The van der Waals surface area contributed by atoms with Crippen LogP contribution in [0, 0.1) is 16.7 Å². The second kappa shape index (κ2) is 6.60. The maximum absolute atomic E-state index is 13.8. The van der Waals surface area contributed by atoms with Crippen LogP contribution in [-0.2, 0) is 14.8 Å². The van der Waals surface area contributed by atoms with Crippen LogP contribution in [0.3, 0.4) is 0 Å². The Morgan fingerprint density at radius 3 is 2.11 bits per heavy atom. The predicted octanol–water partition coefficient (Wildman–Crippen LogP) is 4.72. The van der Waals surface area contributed by atoms with Crippen molar-refractivity contribution in [2.45, 2.75) is 50.7 Å². The second-order valence-corrected chi connectivity index (χ2v) is 10.7. The van der Waals surface area contributed by atoms with Crippen molar-refractivity contribution in [2.24, 2.45) is 16.7 Å². The van der Waals surface area contributed by atoms with Gasteiger partial charge >= 0.3 is 0 Å². The average Bonchev–Trinajstić information content (AvgIpc) is 3.01. The predicted molar refractivity (Wildman–Crippen MR) is 112 cm³/mol. The van der Waals surface area contributed by atoms with Crippen LogP contribution >= 0.6 is 0 Å². The molecular weight excluding hydrogens is 370 g/mol. The molecule has 0 saturated heterocycles. The fourth-order valence-corrected chi connectivity index (χ4v) is 7.40. The minimum absolute atomic E-state index is 0.00240. The van der Waals surface area contributed by atoms with E-state index in [9.17, 15) is 8.42 Å². The van der Waals surface area contributed by atoms with Gasteiger partial charge in [-0.1, -0.05) is 57.2 Å². The summed E-state index contributed by atoms with van der Waals surface area (Å²) in [6.45, 7) is 6.81. The van der Waals surface area contributed by atoms with Crippen LogP contribution in [0.1, 0.15) is 33.6 Å². The molecule has 2 saturated carbocycles. The summed E-state index contributed by atoms with van der Waals surface area (Å²) in [5.41, 5.74) is 0.638. The Bertz CT molecular complexity index is 942. The molecule has 4 rings (SSSR count). The van der Waals surface area contributed by atoms with Crippen molar-refractivity contribution in [3.05, 3.63) is 60.7 Å². The topological polar surface area (TPSA) is 46.6 Å². The van der Waals surface area contributed by atoms with Gasteiger partial charge in [0.05, 0.1) is 22.7 Å². The molecule has 0 N–H and O–H groups in total. The molecule has 4 atom stereocenters. The molecule has 0 heterocycles. The van der Waals surface area contributed by atoms with E-state index in [1.54, 1.807) is 35.7 Å². The molecule has 2 aliphatic rings. The van der Waals surface area contributed by atoms with Gasteiger partial charge in [0.25, 0.3) is 10.0 Å². The van der Waals surface area contributed by atoms with Crippen molar-refractivity contribution in [3.8, 4) is 0 Å². The third-order valence-corrected chi connectivity index (χ3v) is 9.40. The molecule has 2 aliphatic carbocycles. The fourth-order valence-electron chi connectivity index (χ4n) is 5.69. The van der Waals surface area contributed by atoms with Gasteiger partial charge < -0.3 is 4.74 Å². The standard InChI is InChI=1S/C23H29NO3S/c1-22(2)19-15-16-23(22,3)21(27-4)20(19)24(17-11-7-5-8-12-17)28(25,26)18-13-9-6-10-14-18/h5-14,19-21H,15-16H2,1-4H3. The number of methoxy groups -OCH3 is 1. The molecule has 5 heteroatoms. The first-order chi connectivity index (χ1) is 13.2. The average molecular weight is 400 g/mol. The molecule has 2 fully saturated rings. The van der Waals surface area contributed by atoms with Crippen molar-refractivity contribution in [3.63, 3.8) is 0 Å². The zero-order valence-electron chi connectivity index (χ0n) is 17.0. The lowest BCUT2D eigenvalue weighted by Gasteiger charge is -2.42. The van der Waals surface area contributed by atoms with Crippen molar-refractivity contribution >= 4 is 15.7 Å². The maximum Gasteiger partial charge on any atom is 0.264 e. The van der Waals surface area contributed by atoms with Gasteiger partial charge in [-0.25, -0.2) is 8.42 Å². The van der Waals surface area contributed by atoms with E-state index in [0.717, 1.165) is 12.8 Å². The van der Waals surface area contributed by atoms with Crippen LogP contribution in [0.15, 0.2) is 65.6 Å². The highest BCUT2D eigenvalue weighted by molar-refractivity contribution is 7.92. The van der Waals surface area contributed by atoms with Crippen LogP contribution in [-0.4, -0.2) is 27.7 Å². The van der Waals surface area contributed by atoms with Gasteiger partial charge in [0, 0.05) is 12.5 Å². The fraction of sp³-hybridized carbons (Fsp3) is 0.478. The monoisotopic (exact) mass is 399 g/mol. The molecule has 2 bridgehead atoms. The zero-order valence-corrected chi connectivity index (χ0v) is 17.8. The van der Waals surface area contributed by atoms with Gasteiger partial charge in [0.15, 0.2) is 0 Å². The first-order valence-electron chi connectivity index (χ1n) is 9.92. The SMILES string of the molecule is COC1C(N(c2ccccc2)S(=O)(=O)c2ccccc2)C2CCC1(C)C2(C)C. The Labute approximate surface area is 168 Å². The highest BCUT2D eigenvalue weighted by atomic mass is 32.2. The number of nitrogens with zero attached hydrogens (tertiary/aromatic N) is 1. The Kier molecular flexibility index (Phi) is 4.59. The van der Waals surface area contributed by atoms with Crippen LogP contribution in [0.2, 0.25) is 0 Å². The number of anilines is 1. The summed E-state index contributed by atoms with van der Waals surface area (Å²) in [4.78, 5) is 0.319. The minimum atomic E-state index is -3.73. The Balaban J connectivity index is 1.91. The highest BCUT2D eigenvalue weighted by Gasteiger charge is 2.69. The summed E-state index contributed by atoms with van der Waals surface area (Å²) in [6.07, 6.45) is 1.93. The Morgan fingerprint density at radius 2 is 1.54 bits per heavy atom. The molecule has 0 amide bonds. The lowest BCUT2D eigenvalue weighted by atomic mass is 9.70. The molecule has 0 radical (unpaired) electrons. The smallest absolute Gasteiger partial charge is 0.264 e. The van der Waals surface area contributed by atoms with Crippen LogP contribution < -0.4 is 4.31 Å². The third-order valence-electron chi connectivity index (χ3n) is 7.56. The number of hydrogen-bond acceptors (Lipinski definition) is 3. The molecular formula is C23H29NO3S. The summed E-state index contributed by atoms with van der Waals surface area (Å²) in [6, 6.07) is 18.0. The second-order valence-electron chi connectivity index (χ2n) is 8.88. The van der Waals surface area contributed by atoms with Crippen molar-refractivity contribution < 1.29 is 13.2 Å². The van der Waals surface area contributed by atoms with Crippen molar-refractivity contribution in [1.82, 2.24) is 0 Å². The van der Waals surface area contributed by atoms with E-state index >= 15 is 0 Å². The number of sulfonamides is 1. The summed E-state index contributed by atoms with van der Waals surface area (Å²) < 4.78 is 35.4. The molecule has 0 aromatic heterocycles. The number of fused-ring (bicyclic) bond motifs is 2. The van der Waals surface area contributed by atoms with Gasteiger partial charge in [-0.2, -0.15) is 0 Å². The first kappa shape index (κ1) is 19.5. The minimum Gasteiger partial charge on any atom is -0.379 e. The molecule has 28 heavy (non-hydrogen) atoms. The maximum atomic E-state index is 13.8. The molecule has 2 aromatic rings. The molecule has 150 valence electrons. The normalized spacial score (nSPS) is 31.1. The number of hydrogen-bond donors (Lipinski definition) is 0. The van der Waals surface area contributed by atoms with E-state index in [1.807, 2.05) is 36.4 Å². The van der Waals surface area contributed by atoms with Gasteiger partial charge in [0.1, 0.15) is 0 Å². The van der Waals surface area contributed by atoms with Gasteiger partial charge in [-0.05, 0) is 48.4 Å². The summed E-state index contributed by atoms with van der Waals surface area (Å²) in [5.74, 6) is 0.237. The van der Waals surface area contributed by atoms with E-state index in [1.165, 1.54) is 0 Å². The van der Waals surface area contributed by atoms with Gasteiger partial charge in [-0.15, -0.1) is 0 Å². The van der Waals surface area contributed by atoms with E-state index in [0.29, 0.717) is 10.6 Å². The zero-order chi connectivity index (χ0) is 20.2. The van der Waals surface area contributed by atoms with Crippen LogP contribution in [0.25, 0.3) is 0 Å². The number of benzene rings is 2. The van der Waals surface area contributed by atoms with Crippen molar-refractivity contribution in [1.29, 1.82) is 0 Å². The summed E-state index contributed by atoms with van der Waals surface area (Å²) in [5, 5.41) is 0. The van der Waals surface area contributed by atoms with Crippen LogP contribution in [0.4, 0.5) is 5.69 Å². The lowest BCUT2D eigenvalue weighted by Crippen LogP contribution is -2.52. The molecule has 4 nitrogen and oxygen atoms in total. The quantitative estimate of drug-likeness (QED) is 0.731. The third kappa shape index (κ3) is 2.56. The lowest BCUT2D eigenvalue weighted by molar-refractivity contribution is -0.0262. The summed E-state index contributed by atoms with van der Waals surface area (Å²) >= 11 is 0. The van der Waals surface area contributed by atoms with Gasteiger partial charge in [-0.3, -0.25) is 4.31 Å². The Morgan fingerprint density at radius 1 is 0.964 bits per heavy atom.